The number of rotatable bonds is 7. The summed E-state index contributed by atoms with van der Waals surface area (Å²) in [4.78, 5) is 17.8. The van der Waals surface area contributed by atoms with Gasteiger partial charge in [0.05, 0.1) is 7.11 Å². The number of aromatic nitrogens is 1. The molecule has 1 saturated heterocycles. The normalized spacial score (nSPS) is 17.2. The van der Waals surface area contributed by atoms with Crippen molar-refractivity contribution in [3.63, 3.8) is 0 Å². The van der Waals surface area contributed by atoms with Crippen molar-refractivity contribution >= 4 is 17.8 Å². The number of benzene rings is 1. The highest BCUT2D eigenvalue weighted by atomic mass is 16.5. The number of hydroxylamine groups is 1. The summed E-state index contributed by atoms with van der Waals surface area (Å²) in [6.07, 6.45) is 5.59. The van der Waals surface area contributed by atoms with Gasteiger partial charge in [-0.1, -0.05) is 12.1 Å². The van der Waals surface area contributed by atoms with Gasteiger partial charge in [-0.15, -0.1) is 0 Å². The first kappa shape index (κ1) is 18.9. The van der Waals surface area contributed by atoms with E-state index < -0.39 is 5.91 Å². The zero-order valence-electron chi connectivity index (χ0n) is 15.3. The third-order valence-electron chi connectivity index (χ3n) is 4.51. The minimum Gasteiger partial charge on any atom is -0.497 e. The van der Waals surface area contributed by atoms with Crippen LogP contribution in [0.4, 0.5) is 5.82 Å². The van der Waals surface area contributed by atoms with Gasteiger partial charge in [0.1, 0.15) is 11.6 Å². The van der Waals surface area contributed by atoms with E-state index in [0.29, 0.717) is 6.04 Å². The lowest BCUT2D eigenvalue weighted by molar-refractivity contribution is -0.124. The molecule has 0 bridgehead atoms. The first-order chi connectivity index (χ1) is 13.2. The number of likely N-dealkylation sites (tertiary alicyclic amines) is 1. The molecule has 0 aliphatic carbocycles. The number of pyridine rings is 1. The molecule has 1 amide bonds. The molecule has 142 valence electrons. The first-order valence-corrected chi connectivity index (χ1v) is 8.86. The number of carbonyl (C=O) groups excluding carboxylic acids is 1. The highest BCUT2D eigenvalue weighted by molar-refractivity contribution is 5.90. The molecule has 2 heterocycles. The topological polar surface area (TPSA) is 86.7 Å². The molecule has 2 aromatic rings. The van der Waals surface area contributed by atoms with E-state index in [2.05, 4.69) is 27.3 Å². The number of ether oxygens (including phenoxy) is 1. The molecular weight excluding hydrogens is 344 g/mol. The number of nitrogens with one attached hydrogen (secondary N) is 2. The van der Waals surface area contributed by atoms with Gasteiger partial charge in [0.25, 0.3) is 5.91 Å². The second-order valence-electron chi connectivity index (χ2n) is 6.50. The first-order valence-electron chi connectivity index (χ1n) is 8.86. The summed E-state index contributed by atoms with van der Waals surface area (Å²) in [5.41, 5.74) is 3.62. The molecule has 7 heteroatoms. The number of methoxy groups -OCH3 is 1. The van der Waals surface area contributed by atoms with Crippen LogP contribution in [0.15, 0.2) is 48.7 Å². The summed E-state index contributed by atoms with van der Waals surface area (Å²) in [6.45, 7) is 2.93. The fraction of sp³-hybridized carbons (Fsp3) is 0.300. The van der Waals surface area contributed by atoms with Crippen LogP contribution in [0.3, 0.4) is 0 Å². The quantitative estimate of drug-likeness (QED) is 0.395. The molecule has 0 saturated carbocycles. The Labute approximate surface area is 158 Å². The molecule has 1 aliphatic rings. The predicted molar refractivity (Wildman–Crippen MR) is 103 cm³/mol. The van der Waals surface area contributed by atoms with E-state index in [1.807, 2.05) is 24.3 Å². The average Bonchev–Trinajstić information content (AvgIpc) is 3.14. The third kappa shape index (κ3) is 5.54. The molecule has 3 N–H and O–H groups in total. The van der Waals surface area contributed by atoms with E-state index in [9.17, 15) is 4.79 Å². The van der Waals surface area contributed by atoms with Crippen LogP contribution in [0.1, 0.15) is 17.5 Å². The van der Waals surface area contributed by atoms with E-state index in [4.69, 9.17) is 9.94 Å². The fourth-order valence-electron chi connectivity index (χ4n) is 3.09. The van der Waals surface area contributed by atoms with Crippen LogP contribution in [0.25, 0.3) is 6.08 Å². The van der Waals surface area contributed by atoms with Gasteiger partial charge in [-0.05, 0) is 47.9 Å². The van der Waals surface area contributed by atoms with Gasteiger partial charge in [-0.3, -0.25) is 14.9 Å². The maximum atomic E-state index is 11.0. The molecule has 1 unspecified atom stereocenters. The van der Waals surface area contributed by atoms with E-state index in [1.54, 1.807) is 24.9 Å². The largest absolute Gasteiger partial charge is 0.497 e. The summed E-state index contributed by atoms with van der Waals surface area (Å²) >= 11 is 0. The number of anilines is 1. The summed E-state index contributed by atoms with van der Waals surface area (Å²) in [5.74, 6) is 1.12. The van der Waals surface area contributed by atoms with Crippen LogP contribution in [-0.4, -0.2) is 47.2 Å². The van der Waals surface area contributed by atoms with Crippen molar-refractivity contribution in [2.45, 2.75) is 19.0 Å². The summed E-state index contributed by atoms with van der Waals surface area (Å²) in [5, 5.41) is 11.9. The lowest BCUT2D eigenvalue weighted by Crippen LogP contribution is -2.26. The zero-order chi connectivity index (χ0) is 19.1. The second-order valence-corrected chi connectivity index (χ2v) is 6.50. The molecule has 0 radical (unpaired) electrons. The van der Waals surface area contributed by atoms with E-state index >= 15 is 0 Å². The molecule has 0 spiro atoms. The van der Waals surface area contributed by atoms with Crippen molar-refractivity contribution in [2.75, 3.05) is 25.5 Å². The van der Waals surface area contributed by atoms with Crippen LogP contribution in [0.5, 0.6) is 5.75 Å². The lowest BCUT2D eigenvalue weighted by atomic mass is 10.2. The van der Waals surface area contributed by atoms with Gasteiger partial charge >= 0.3 is 0 Å². The summed E-state index contributed by atoms with van der Waals surface area (Å²) in [6, 6.07) is 12.3. The minimum absolute atomic E-state index is 0.359. The van der Waals surface area contributed by atoms with E-state index in [-0.39, 0.29) is 0 Å². The maximum absolute atomic E-state index is 11.0. The molecular formula is C20H24N4O3. The zero-order valence-corrected chi connectivity index (χ0v) is 15.3. The van der Waals surface area contributed by atoms with Crippen LogP contribution in [-0.2, 0) is 11.3 Å². The van der Waals surface area contributed by atoms with Gasteiger partial charge < -0.3 is 10.1 Å². The summed E-state index contributed by atoms with van der Waals surface area (Å²) < 4.78 is 5.20. The van der Waals surface area contributed by atoms with E-state index in [0.717, 1.165) is 43.2 Å². The summed E-state index contributed by atoms with van der Waals surface area (Å²) in [7, 11) is 1.68. The molecule has 7 nitrogen and oxygen atoms in total. The predicted octanol–water partition coefficient (Wildman–Crippen LogP) is 2.30. The Bertz CT molecular complexity index is 775. The van der Waals surface area contributed by atoms with Gasteiger partial charge in [0, 0.05) is 37.9 Å². The van der Waals surface area contributed by atoms with Crippen molar-refractivity contribution in [2.24, 2.45) is 0 Å². The molecule has 1 aromatic carbocycles. The second kappa shape index (κ2) is 9.16. The van der Waals surface area contributed by atoms with Crippen molar-refractivity contribution in [1.82, 2.24) is 15.4 Å². The molecule has 1 aromatic heterocycles. The molecule has 1 aliphatic heterocycles. The van der Waals surface area contributed by atoms with Crippen molar-refractivity contribution in [1.29, 1.82) is 0 Å². The molecule has 3 rings (SSSR count). The lowest BCUT2D eigenvalue weighted by Gasteiger charge is -2.17. The number of hydrogen-bond acceptors (Lipinski definition) is 6. The van der Waals surface area contributed by atoms with Crippen LogP contribution >= 0.6 is 0 Å². The number of nitrogens with zero attached hydrogens (tertiary/aromatic N) is 2. The highest BCUT2D eigenvalue weighted by Gasteiger charge is 2.22. The number of amides is 1. The Balaban J connectivity index is 1.49. The Morgan fingerprint density at radius 2 is 2.15 bits per heavy atom. The van der Waals surface area contributed by atoms with Crippen molar-refractivity contribution < 1.29 is 14.7 Å². The van der Waals surface area contributed by atoms with E-state index in [1.165, 1.54) is 11.6 Å². The SMILES string of the molecule is COc1ccc(CN2CCC(Nc3ccc(/C=C/C(=O)NO)cn3)C2)cc1. The van der Waals surface area contributed by atoms with Gasteiger partial charge in [-0.25, -0.2) is 10.5 Å². The van der Waals surface area contributed by atoms with Gasteiger partial charge in [0.2, 0.25) is 0 Å². The Morgan fingerprint density at radius 3 is 2.81 bits per heavy atom. The highest BCUT2D eigenvalue weighted by Crippen LogP contribution is 2.19. The number of carbonyl (C=O) groups is 1. The monoisotopic (exact) mass is 368 g/mol. The molecule has 1 fully saturated rings. The van der Waals surface area contributed by atoms with Gasteiger partial charge in [0.15, 0.2) is 0 Å². The van der Waals surface area contributed by atoms with Crippen LogP contribution in [0, 0.1) is 0 Å². The van der Waals surface area contributed by atoms with Crippen molar-refractivity contribution in [3.8, 4) is 5.75 Å². The Hall–Kier alpha value is -2.90. The Kier molecular flexibility index (Phi) is 6.40. The average molecular weight is 368 g/mol. The smallest absolute Gasteiger partial charge is 0.267 e. The van der Waals surface area contributed by atoms with Gasteiger partial charge in [-0.2, -0.15) is 0 Å². The Morgan fingerprint density at radius 1 is 1.33 bits per heavy atom. The maximum Gasteiger partial charge on any atom is 0.267 e. The third-order valence-corrected chi connectivity index (χ3v) is 4.51. The van der Waals surface area contributed by atoms with Crippen LogP contribution < -0.4 is 15.5 Å². The van der Waals surface area contributed by atoms with Crippen molar-refractivity contribution in [3.05, 3.63) is 59.8 Å². The standard InChI is InChI=1S/C20H24N4O3/c1-27-18-6-2-16(3-7-18)13-24-11-10-17(14-24)22-19-8-4-15(12-21-19)5-9-20(25)23-26/h2-9,12,17,26H,10-11,13-14H2,1H3,(H,21,22)(H,23,25)/b9-5+. The molecule has 27 heavy (non-hydrogen) atoms. The number of hydrogen-bond donors (Lipinski definition) is 3. The molecule has 1 atom stereocenters. The van der Waals surface area contributed by atoms with Crippen LogP contribution in [0.2, 0.25) is 0 Å². The minimum atomic E-state index is -0.569. The fourth-order valence-corrected chi connectivity index (χ4v) is 3.09.